The van der Waals surface area contributed by atoms with Gasteiger partial charge < -0.3 is 15.3 Å². The maximum Gasteiger partial charge on any atom is 0.317 e. The van der Waals surface area contributed by atoms with Gasteiger partial charge in [0, 0.05) is 63.2 Å². The van der Waals surface area contributed by atoms with Crippen molar-refractivity contribution in [3.8, 4) is 0 Å². The summed E-state index contributed by atoms with van der Waals surface area (Å²) in [6, 6.07) is 8.40. The molecule has 6 N–H and O–H groups in total. The van der Waals surface area contributed by atoms with Gasteiger partial charge >= 0.3 is 5.97 Å². The summed E-state index contributed by atoms with van der Waals surface area (Å²) in [5, 5.41) is 20.0. The Kier molecular flexibility index (Phi) is 7.69. The second-order valence-electron chi connectivity index (χ2n) is 10.0. The van der Waals surface area contributed by atoms with Crippen molar-refractivity contribution in [3.05, 3.63) is 24.3 Å². The Morgan fingerprint density at radius 2 is 1.77 bits per heavy atom. The van der Waals surface area contributed by atoms with Gasteiger partial charge in [0.2, 0.25) is 5.91 Å². The van der Waals surface area contributed by atoms with Gasteiger partial charge in [0.1, 0.15) is 6.29 Å². The van der Waals surface area contributed by atoms with Crippen LogP contribution in [-0.4, -0.2) is 97.6 Å². The number of nitrogens with one attached hydrogen (secondary N) is 5. The SMILES string of the molecule is O=C(O)CN1CCCN(c2ccc(NC3NC(N4CCCCC4)NC4CNNC(=O)C43)cc2)CC1. The second kappa shape index (κ2) is 11.1. The molecule has 11 heteroatoms. The molecule has 0 aromatic heterocycles. The van der Waals surface area contributed by atoms with Crippen LogP contribution in [0.2, 0.25) is 0 Å². The van der Waals surface area contributed by atoms with Crippen LogP contribution in [-0.2, 0) is 9.59 Å². The number of carboxylic acid groups (broad SMARTS) is 1. The molecule has 0 saturated carbocycles. The third-order valence-electron chi connectivity index (χ3n) is 7.60. The average molecular weight is 487 g/mol. The van der Waals surface area contributed by atoms with E-state index in [1.807, 2.05) is 4.90 Å². The van der Waals surface area contributed by atoms with Crippen molar-refractivity contribution in [1.29, 1.82) is 0 Å². The summed E-state index contributed by atoms with van der Waals surface area (Å²) in [5.74, 6) is -1.02. The van der Waals surface area contributed by atoms with E-state index in [4.69, 9.17) is 5.11 Å². The number of hydrogen-bond acceptors (Lipinski definition) is 9. The minimum Gasteiger partial charge on any atom is -0.480 e. The number of carbonyl (C=O) groups is 2. The summed E-state index contributed by atoms with van der Waals surface area (Å²) in [6.07, 6.45) is 4.47. The molecule has 4 aliphatic heterocycles. The number of carboxylic acids is 1. The standard InChI is InChI=1S/C24H38N8O3/c33-20(34)16-30-9-4-12-31(14-13-30)18-7-5-17(6-8-18)26-22-21-19(15-25-29-23(21)35)27-24(28-22)32-10-2-1-3-11-32/h5-8,19,21-22,24-28H,1-4,9-16H2,(H,29,35)(H,33,34). The summed E-state index contributed by atoms with van der Waals surface area (Å²) >= 11 is 0. The van der Waals surface area contributed by atoms with Crippen LogP contribution in [0.1, 0.15) is 25.7 Å². The first-order chi connectivity index (χ1) is 17.1. The van der Waals surface area contributed by atoms with E-state index in [1.54, 1.807) is 0 Å². The fraction of sp³-hybridized carbons (Fsp3) is 0.667. The van der Waals surface area contributed by atoms with Crippen LogP contribution in [0.3, 0.4) is 0 Å². The van der Waals surface area contributed by atoms with E-state index in [-0.39, 0.29) is 36.9 Å². The number of piperidine rings is 1. The van der Waals surface area contributed by atoms with Crippen LogP contribution in [0.5, 0.6) is 0 Å². The Hall–Kier alpha value is -2.44. The van der Waals surface area contributed by atoms with Gasteiger partial charge in [0.05, 0.1) is 18.6 Å². The highest BCUT2D eigenvalue weighted by atomic mass is 16.4. The molecular formula is C24H38N8O3. The first kappa shape index (κ1) is 24.3. The number of hydrazine groups is 1. The highest BCUT2D eigenvalue weighted by Gasteiger charge is 2.45. The van der Waals surface area contributed by atoms with Crippen LogP contribution in [0.25, 0.3) is 0 Å². The van der Waals surface area contributed by atoms with Gasteiger partial charge in [-0.05, 0) is 43.5 Å². The lowest BCUT2D eigenvalue weighted by atomic mass is 9.91. The smallest absolute Gasteiger partial charge is 0.317 e. The molecule has 35 heavy (non-hydrogen) atoms. The van der Waals surface area contributed by atoms with Crippen molar-refractivity contribution < 1.29 is 14.7 Å². The number of rotatable bonds is 6. The lowest BCUT2D eigenvalue weighted by molar-refractivity contribution is -0.138. The largest absolute Gasteiger partial charge is 0.480 e. The Morgan fingerprint density at radius 1 is 0.971 bits per heavy atom. The molecular weight excluding hydrogens is 448 g/mol. The Balaban J connectivity index is 1.24. The monoisotopic (exact) mass is 486 g/mol. The van der Waals surface area contributed by atoms with Crippen molar-refractivity contribution in [3.63, 3.8) is 0 Å². The Bertz CT molecular complexity index is 878. The second-order valence-corrected chi connectivity index (χ2v) is 10.0. The quantitative estimate of drug-likeness (QED) is 0.317. The van der Waals surface area contributed by atoms with Crippen LogP contribution in [0.4, 0.5) is 11.4 Å². The number of carbonyl (C=O) groups excluding carboxylic acids is 1. The van der Waals surface area contributed by atoms with Crippen molar-refractivity contribution in [2.75, 3.05) is 62.6 Å². The van der Waals surface area contributed by atoms with Gasteiger partial charge in [0.25, 0.3) is 0 Å². The molecule has 0 spiro atoms. The summed E-state index contributed by atoms with van der Waals surface area (Å²) < 4.78 is 0. The highest BCUT2D eigenvalue weighted by Crippen LogP contribution is 2.25. The van der Waals surface area contributed by atoms with Gasteiger partial charge in [-0.25, -0.2) is 5.43 Å². The maximum absolute atomic E-state index is 12.7. The molecule has 4 heterocycles. The third kappa shape index (κ3) is 5.87. The number of aliphatic carboxylic acids is 1. The fourth-order valence-corrected chi connectivity index (χ4v) is 5.76. The minimum absolute atomic E-state index is 0.0112. The predicted octanol–water partition coefficient (Wildman–Crippen LogP) is -0.397. The predicted molar refractivity (Wildman–Crippen MR) is 134 cm³/mol. The Labute approximate surface area is 206 Å². The molecule has 4 unspecified atom stereocenters. The summed E-state index contributed by atoms with van der Waals surface area (Å²) in [4.78, 5) is 30.6. The fourth-order valence-electron chi connectivity index (χ4n) is 5.76. The molecule has 4 saturated heterocycles. The number of amides is 1. The number of anilines is 2. The molecule has 5 rings (SSSR count). The van der Waals surface area contributed by atoms with E-state index in [0.29, 0.717) is 6.54 Å². The summed E-state index contributed by atoms with van der Waals surface area (Å²) in [6.45, 7) is 6.18. The number of benzene rings is 1. The number of nitrogens with zero attached hydrogens (tertiary/aromatic N) is 3. The van der Waals surface area contributed by atoms with Crippen molar-refractivity contribution in [2.24, 2.45) is 5.92 Å². The summed E-state index contributed by atoms with van der Waals surface area (Å²) in [7, 11) is 0. The molecule has 1 aromatic rings. The highest BCUT2D eigenvalue weighted by molar-refractivity contribution is 5.81. The first-order valence-electron chi connectivity index (χ1n) is 12.9. The van der Waals surface area contributed by atoms with Crippen LogP contribution >= 0.6 is 0 Å². The van der Waals surface area contributed by atoms with Crippen molar-refractivity contribution in [2.45, 2.75) is 44.2 Å². The maximum atomic E-state index is 12.7. The molecule has 192 valence electrons. The van der Waals surface area contributed by atoms with Crippen LogP contribution in [0, 0.1) is 5.92 Å². The van der Waals surface area contributed by atoms with Gasteiger partial charge in [-0.2, -0.15) is 0 Å². The van der Waals surface area contributed by atoms with Gasteiger partial charge in [-0.1, -0.05) is 6.42 Å². The van der Waals surface area contributed by atoms with E-state index in [9.17, 15) is 9.59 Å². The van der Waals surface area contributed by atoms with E-state index < -0.39 is 5.97 Å². The van der Waals surface area contributed by atoms with E-state index in [2.05, 4.69) is 60.9 Å². The lowest BCUT2D eigenvalue weighted by Gasteiger charge is -2.49. The zero-order valence-corrected chi connectivity index (χ0v) is 20.2. The zero-order chi connectivity index (χ0) is 24.2. The molecule has 1 aromatic carbocycles. The van der Waals surface area contributed by atoms with Crippen molar-refractivity contribution >= 4 is 23.3 Å². The van der Waals surface area contributed by atoms with E-state index in [0.717, 1.165) is 57.1 Å². The van der Waals surface area contributed by atoms with Gasteiger partial charge in [-0.15, -0.1) is 0 Å². The summed E-state index contributed by atoms with van der Waals surface area (Å²) in [5.41, 5.74) is 7.93. The number of hydrogen-bond donors (Lipinski definition) is 6. The van der Waals surface area contributed by atoms with Crippen LogP contribution in [0.15, 0.2) is 24.3 Å². The zero-order valence-electron chi connectivity index (χ0n) is 20.2. The van der Waals surface area contributed by atoms with Crippen LogP contribution < -0.4 is 31.7 Å². The third-order valence-corrected chi connectivity index (χ3v) is 7.60. The topological polar surface area (TPSA) is 124 Å². The van der Waals surface area contributed by atoms with Gasteiger partial charge in [0.15, 0.2) is 0 Å². The molecule has 11 nitrogen and oxygen atoms in total. The van der Waals surface area contributed by atoms with Crippen molar-refractivity contribution in [1.82, 2.24) is 31.3 Å². The molecule has 4 atom stereocenters. The Morgan fingerprint density at radius 3 is 2.54 bits per heavy atom. The molecule has 4 aliphatic rings. The molecule has 1 amide bonds. The minimum atomic E-state index is -0.771. The number of likely N-dealkylation sites (tertiary alicyclic amines) is 1. The first-order valence-corrected chi connectivity index (χ1v) is 12.9. The van der Waals surface area contributed by atoms with E-state index in [1.165, 1.54) is 19.3 Å². The normalized spacial score (nSPS) is 30.7. The molecule has 0 radical (unpaired) electrons. The average Bonchev–Trinajstić information content (AvgIpc) is 3.10. The molecule has 0 aliphatic carbocycles. The number of fused-ring (bicyclic) bond motifs is 1. The molecule has 4 fully saturated rings. The molecule has 0 bridgehead atoms. The van der Waals surface area contributed by atoms with Gasteiger partial charge in [-0.3, -0.25) is 35.4 Å². The lowest BCUT2D eigenvalue weighted by Crippen LogP contribution is -2.76. The van der Waals surface area contributed by atoms with E-state index >= 15 is 0 Å².